The van der Waals surface area contributed by atoms with Gasteiger partial charge in [0.2, 0.25) is 5.91 Å². The molecule has 1 fully saturated rings. The Labute approximate surface area is 141 Å². The molecule has 24 heavy (non-hydrogen) atoms. The number of amides is 1. The van der Waals surface area contributed by atoms with E-state index in [9.17, 15) is 9.90 Å². The summed E-state index contributed by atoms with van der Waals surface area (Å²) in [5.41, 5.74) is 2.22. The number of aliphatic hydroxyl groups is 1. The van der Waals surface area contributed by atoms with Crippen molar-refractivity contribution in [2.24, 2.45) is 13.0 Å². The lowest BCUT2D eigenvalue weighted by Crippen LogP contribution is -2.48. The lowest BCUT2D eigenvalue weighted by molar-refractivity contribution is -0.122. The fraction of sp³-hybridized carbons (Fsp3) is 0.500. The number of nitrogens with zero attached hydrogens (tertiary/aromatic N) is 3. The van der Waals surface area contributed by atoms with Crippen molar-refractivity contribution in [2.75, 3.05) is 0 Å². The molecule has 1 unspecified atom stereocenters. The molecule has 6 heteroatoms. The van der Waals surface area contributed by atoms with Crippen LogP contribution < -0.4 is 5.32 Å². The van der Waals surface area contributed by atoms with Gasteiger partial charge in [0, 0.05) is 38.1 Å². The van der Waals surface area contributed by atoms with Gasteiger partial charge in [-0.15, -0.1) is 0 Å². The van der Waals surface area contributed by atoms with E-state index in [-0.39, 0.29) is 18.1 Å². The summed E-state index contributed by atoms with van der Waals surface area (Å²) < 4.78 is 1.75. The van der Waals surface area contributed by atoms with E-state index in [1.807, 2.05) is 25.4 Å². The molecule has 3 rings (SSSR count). The summed E-state index contributed by atoms with van der Waals surface area (Å²) in [7, 11) is 1.87. The van der Waals surface area contributed by atoms with Gasteiger partial charge in [0.1, 0.15) is 0 Å². The number of aromatic nitrogens is 3. The lowest BCUT2D eigenvalue weighted by Gasteiger charge is -2.38. The number of aliphatic hydroxyl groups excluding tert-OH is 1. The largest absolute Gasteiger partial charge is 0.393 e. The van der Waals surface area contributed by atoms with E-state index in [0.29, 0.717) is 18.8 Å². The first-order valence-corrected chi connectivity index (χ1v) is 8.44. The van der Waals surface area contributed by atoms with Crippen molar-refractivity contribution < 1.29 is 9.90 Å². The molecule has 2 aromatic heterocycles. The quantitative estimate of drug-likeness (QED) is 0.801. The van der Waals surface area contributed by atoms with Crippen LogP contribution in [0.1, 0.15) is 30.4 Å². The molecule has 2 aromatic rings. The summed E-state index contributed by atoms with van der Waals surface area (Å²) in [5, 5.41) is 16.9. The molecule has 2 heterocycles. The smallest absolute Gasteiger partial charge is 0.220 e. The zero-order valence-corrected chi connectivity index (χ0v) is 13.9. The molecule has 128 valence electrons. The topological polar surface area (TPSA) is 80.0 Å². The van der Waals surface area contributed by atoms with Crippen LogP contribution in [-0.2, 0) is 24.7 Å². The summed E-state index contributed by atoms with van der Waals surface area (Å²) in [5.74, 6) is 0.398. The molecule has 0 aliphatic heterocycles. The van der Waals surface area contributed by atoms with E-state index in [1.54, 1.807) is 23.3 Å². The SMILES string of the molecule is Cn1cc(CCC(=O)NC(Cc2ccncc2)C2CC(O)C2)cn1. The van der Waals surface area contributed by atoms with Gasteiger partial charge in [0.15, 0.2) is 0 Å². The number of hydrogen-bond donors (Lipinski definition) is 2. The first kappa shape index (κ1) is 16.6. The van der Waals surface area contributed by atoms with E-state index in [1.165, 1.54) is 0 Å². The van der Waals surface area contributed by atoms with Crippen molar-refractivity contribution in [1.29, 1.82) is 0 Å². The summed E-state index contributed by atoms with van der Waals surface area (Å²) in [6.45, 7) is 0. The Balaban J connectivity index is 1.55. The van der Waals surface area contributed by atoms with Gasteiger partial charge in [-0.2, -0.15) is 5.10 Å². The van der Waals surface area contributed by atoms with Crippen molar-refractivity contribution in [2.45, 2.75) is 44.2 Å². The fourth-order valence-corrected chi connectivity index (χ4v) is 3.20. The maximum absolute atomic E-state index is 12.3. The van der Waals surface area contributed by atoms with Gasteiger partial charge in [0.25, 0.3) is 0 Å². The van der Waals surface area contributed by atoms with Gasteiger partial charge in [-0.25, -0.2) is 0 Å². The highest BCUT2D eigenvalue weighted by molar-refractivity contribution is 5.76. The predicted octanol–water partition coefficient (Wildman–Crippen LogP) is 1.25. The Morgan fingerprint density at radius 3 is 2.75 bits per heavy atom. The molecule has 2 N–H and O–H groups in total. The second kappa shape index (κ2) is 7.57. The van der Waals surface area contributed by atoms with Crippen LogP contribution >= 0.6 is 0 Å². The molecule has 0 radical (unpaired) electrons. The highest BCUT2D eigenvalue weighted by atomic mass is 16.3. The third-order valence-corrected chi connectivity index (χ3v) is 4.67. The standard InChI is InChI=1S/C18H24N4O2/c1-22-12-14(11-20-22)2-3-18(24)21-17(15-9-16(23)10-15)8-13-4-6-19-7-5-13/h4-7,11-12,15-17,23H,2-3,8-10H2,1H3,(H,21,24). The van der Waals surface area contributed by atoms with Crippen LogP contribution in [0, 0.1) is 5.92 Å². The average Bonchev–Trinajstić information content (AvgIpc) is 2.96. The molecule has 0 bridgehead atoms. The van der Waals surface area contributed by atoms with E-state index in [2.05, 4.69) is 15.4 Å². The minimum Gasteiger partial charge on any atom is -0.393 e. The molecule has 1 atom stereocenters. The van der Waals surface area contributed by atoms with Crippen LogP contribution in [0.3, 0.4) is 0 Å². The van der Waals surface area contributed by atoms with Gasteiger partial charge >= 0.3 is 0 Å². The summed E-state index contributed by atoms with van der Waals surface area (Å²) in [4.78, 5) is 16.4. The number of pyridine rings is 1. The third-order valence-electron chi connectivity index (χ3n) is 4.67. The normalized spacial score (nSPS) is 21.1. The van der Waals surface area contributed by atoms with Crippen LogP contribution in [0.5, 0.6) is 0 Å². The molecule has 6 nitrogen and oxygen atoms in total. The van der Waals surface area contributed by atoms with Crippen LogP contribution in [0.15, 0.2) is 36.9 Å². The minimum absolute atomic E-state index is 0.0549. The van der Waals surface area contributed by atoms with E-state index in [4.69, 9.17) is 0 Å². The minimum atomic E-state index is -0.220. The average molecular weight is 328 g/mol. The van der Waals surface area contributed by atoms with Crippen molar-refractivity contribution in [3.63, 3.8) is 0 Å². The molecular formula is C18H24N4O2. The molecule has 1 amide bonds. The van der Waals surface area contributed by atoms with Gasteiger partial charge in [-0.3, -0.25) is 14.5 Å². The van der Waals surface area contributed by atoms with Crippen molar-refractivity contribution in [3.8, 4) is 0 Å². The maximum Gasteiger partial charge on any atom is 0.220 e. The highest BCUT2D eigenvalue weighted by Crippen LogP contribution is 2.31. The van der Waals surface area contributed by atoms with Gasteiger partial charge in [-0.05, 0) is 54.9 Å². The molecular weight excluding hydrogens is 304 g/mol. The molecule has 1 saturated carbocycles. The monoisotopic (exact) mass is 328 g/mol. The second-order valence-electron chi connectivity index (χ2n) is 6.64. The first-order valence-electron chi connectivity index (χ1n) is 8.44. The van der Waals surface area contributed by atoms with Gasteiger partial charge in [-0.1, -0.05) is 0 Å². The van der Waals surface area contributed by atoms with Gasteiger partial charge in [0.05, 0.1) is 12.3 Å². The molecule has 1 aliphatic rings. The van der Waals surface area contributed by atoms with Crippen LogP contribution in [0.25, 0.3) is 0 Å². The van der Waals surface area contributed by atoms with Crippen molar-refractivity contribution >= 4 is 5.91 Å². The van der Waals surface area contributed by atoms with Crippen LogP contribution in [0.2, 0.25) is 0 Å². The number of aryl methyl sites for hydroxylation is 2. The Morgan fingerprint density at radius 1 is 1.38 bits per heavy atom. The third kappa shape index (κ3) is 4.41. The zero-order valence-electron chi connectivity index (χ0n) is 13.9. The number of rotatable bonds is 7. The Morgan fingerprint density at radius 2 is 2.12 bits per heavy atom. The van der Waals surface area contributed by atoms with Crippen molar-refractivity contribution in [1.82, 2.24) is 20.1 Å². The molecule has 0 spiro atoms. The van der Waals surface area contributed by atoms with Crippen molar-refractivity contribution in [3.05, 3.63) is 48.0 Å². The van der Waals surface area contributed by atoms with E-state index in [0.717, 1.165) is 30.4 Å². The maximum atomic E-state index is 12.3. The Hall–Kier alpha value is -2.21. The van der Waals surface area contributed by atoms with Crippen LogP contribution in [0.4, 0.5) is 0 Å². The molecule has 1 aliphatic carbocycles. The number of hydrogen-bond acceptors (Lipinski definition) is 4. The number of carbonyl (C=O) groups excluding carboxylic acids is 1. The first-order chi connectivity index (χ1) is 11.6. The number of carbonyl (C=O) groups is 1. The Bertz CT molecular complexity index is 665. The number of nitrogens with one attached hydrogen (secondary N) is 1. The molecule has 0 saturated heterocycles. The van der Waals surface area contributed by atoms with Gasteiger partial charge < -0.3 is 10.4 Å². The fourth-order valence-electron chi connectivity index (χ4n) is 3.20. The summed E-state index contributed by atoms with van der Waals surface area (Å²) in [6, 6.07) is 4.02. The van der Waals surface area contributed by atoms with Crippen LogP contribution in [-0.4, -0.2) is 37.9 Å². The lowest BCUT2D eigenvalue weighted by atomic mass is 9.75. The summed E-state index contributed by atoms with van der Waals surface area (Å²) >= 11 is 0. The van der Waals surface area contributed by atoms with E-state index < -0.39 is 0 Å². The van der Waals surface area contributed by atoms with E-state index >= 15 is 0 Å². The zero-order chi connectivity index (χ0) is 16.9. The highest BCUT2D eigenvalue weighted by Gasteiger charge is 2.34. The second-order valence-corrected chi connectivity index (χ2v) is 6.64. The molecule has 0 aromatic carbocycles. The predicted molar refractivity (Wildman–Crippen MR) is 90.1 cm³/mol. The summed E-state index contributed by atoms with van der Waals surface area (Å²) in [6.07, 6.45) is 10.5. The Kier molecular flexibility index (Phi) is 5.25.